The molecule has 21 heavy (non-hydrogen) atoms. The Morgan fingerprint density at radius 1 is 1.19 bits per heavy atom. The van der Waals surface area contributed by atoms with Crippen LogP contribution in [0.4, 0.5) is 10.5 Å². The van der Waals surface area contributed by atoms with E-state index in [2.05, 4.69) is 25.8 Å². The molecule has 0 saturated heterocycles. The van der Waals surface area contributed by atoms with E-state index in [-0.39, 0.29) is 13.0 Å². The number of pyridine rings is 1. The van der Waals surface area contributed by atoms with Crippen LogP contribution in [0.3, 0.4) is 0 Å². The van der Waals surface area contributed by atoms with Gasteiger partial charge in [0.15, 0.2) is 0 Å². The minimum absolute atomic E-state index is 0.154. The molecule has 2 aromatic heterocycles. The monoisotopic (exact) mass is 287 g/mol. The molecule has 8 heteroatoms. The second-order valence-electron chi connectivity index (χ2n) is 4.13. The average Bonchev–Trinajstić information content (AvgIpc) is 2.48. The lowest BCUT2D eigenvalue weighted by molar-refractivity contribution is -0.136. The maximum atomic E-state index is 11.7. The van der Waals surface area contributed by atoms with Crippen LogP contribution in [-0.2, 0) is 17.8 Å². The highest BCUT2D eigenvalue weighted by molar-refractivity contribution is 5.88. The summed E-state index contributed by atoms with van der Waals surface area (Å²) in [5, 5.41) is 21.4. The first-order chi connectivity index (χ1) is 10.1. The van der Waals surface area contributed by atoms with Gasteiger partial charge in [0, 0.05) is 6.20 Å². The number of rotatable bonds is 5. The molecule has 108 valence electrons. The summed E-state index contributed by atoms with van der Waals surface area (Å²) in [7, 11) is 0. The number of carboxylic acids is 1. The van der Waals surface area contributed by atoms with E-state index in [4.69, 9.17) is 5.11 Å². The highest BCUT2D eigenvalue weighted by atomic mass is 16.4. The first kappa shape index (κ1) is 14.4. The fraction of sp³-hybridized carbons (Fsp3) is 0.154. The number of amides is 2. The van der Waals surface area contributed by atoms with E-state index < -0.39 is 12.0 Å². The number of aromatic nitrogens is 3. The number of carboxylic acid groups (broad SMARTS) is 1. The van der Waals surface area contributed by atoms with E-state index >= 15 is 0 Å². The van der Waals surface area contributed by atoms with Gasteiger partial charge in [0.2, 0.25) is 0 Å². The molecular weight excluding hydrogens is 274 g/mol. The fourth-order valence-corrected chi connectivity index (χ4v) is 1.53. The van der Waals surface area contributed by atoms with Gasteiger partial charge in [-0.15, -0.1) is 0 Å². The predicted molar refractivity (Wildman–Crippen MR) is 73.5 cm³/mol. The van der Waals surface area contributed by atoms with Crippen LogP contribution >= 0.6 is 0 Å². The van der Waals surface area contributed by atoms with Crippen LogP contribution in [0, 0.1) is 0 Å². The van der Waals surface area contributed by atoms with Gasteiger partial charge in [0.1, 0.15) is 0 Å². The molecule has 2 amide bonds. The summed E-state index contributed by atoms with van der Waals surface area (Å²) in [6.45, 7) is 0.254. The summed E-state index contributed by atoms with van der Waals surface area (Å²) in [5.74, 6) is -0.954. The van der Waals surface area contributed by atoms with Crippen molar-refractivity contribution in [2.24, 2.45) is 0 Å². The Morgan fingerprint density at radius 2 is 2.05 bits per heavy atom. The third-order valence-corrected chi connectivity index (χ3v) is 2.47. The highest BCUT2D eigenvalue weighted by Crippen LogP contribution is 2.06. The highest BCUT2D eigenvalue weighted by Gasteiger charge is 2.05. The lowest BCUT2D eigenvalue weighted by Gasteiger charge is -2.07. The number of nitrogens with zero attached hydrogens (tertiary/aromatic N) is 3. The summed E-state index contributed by atoms with van der Waals surface area (Å²) in [6, 6.07) is 6.20. The summed E-state index contributed by atoms with van der Waals surface area (Å²) < 4.78 is 0. The molecule has 0 aromatic carbocycles. The second kappa shape index (κ2) is 6.94. The molecular formula is C13H13N5O3. The van der Waals surface area contributed by atoms with Crippen LogP contribution in [0.15, 0.2) is 36.7 Å². The van der Waals surface area contributed by atoms with E-state index in [0.717, 1.165) is 0 Å². The van der Waals surface area contributed by atoms with Crippen molar-refractivity contribution < 1.29 is 14.7 Å². The first-order valence-corrected chi connectivity index (χ1v) is 6.11. The quantitative estimate of drug-likeness (QED) is 0.749. The molecule has 2 heterocycles. The minimum Gasteiger partial charge on any atom is -0.481 e. The van der Waals surface area contributed by atoms with Crippen LogP contribution in [0.5, 0.6) is 0 Å². The van der Waals surface area contributed by atoms with Gasteiger partial charge in [0.25, 0.3) is 0 Å². The van der Waals surface area contributed by atoms with Gasteiger partial charge in [-0.05, 0) is 24.3 Å². The van der Waals surface area contributed by atoms with Crippen molar-refractivity contribution in [2.45, 2.75) is 13.0 Å². The van der Waals surface area contributed by atoms with Gasteiger partial charge in [-0.3, -0.25) is 9.78 Å². The van der Waals surface area contributed by atoms with Gasteiger partial charge in [0.05, 0.1) is 36.2 Å². The van der Waals surface area contributed by atoms with Crippen molar-refractivity contribution in [3.05, 3.63) is 48.0 Å². The molecule has 0 fully saturated rings. The Morgan fingerprint density at radius 3 is 2.67 bits per heavy atom. The zero-order chi connectivity index (χ0) is 15.1. The SMILES string of the molecule is O=C(O)Cc1ccc(NC(=O)NCc2cccnn2)cn1. The first-order valence-electron chi connectivity index (χ1n) is 6.11. The number of aliphatic carboxylic acids is 1. The van der Waals surface area contributed by atoms with Crippen LogP contribution in [0.1, 0.15) is 11.4 Å². The summed E-state index contributed by atoms with van der Waals surface area (Å²) >= 11 is 0. The smallest absolute Gasteiger partial charge is 0.319 e. The number of urea groups is 1. The molecule has 0 aliphatic carbocycles. The van der Waals surface area contributed by atoms with Gasteiger partial charge < -0.3 is 15.7 Å². The Kier molecular flexibility index (Phi) is 4.75. The molecule has 0 radical (unpaired) electrons. The molecule has 0 saturated carbocycles. The second-order valence-corrected chi connectivity index (χ2v) is 4.13. The number of anilines is 1. The maximum Gasteiger partial charge on any atom is 0.319 e. The van der Waals surface area contributed by atoms with Crippen molar-refractivity contribution in [2.75, 3.05) is 5.32 Å². The zero-order valence-electron chi connectivity index (χ0n) is 11.0. The Labute approximate surface area is 120 Å². The van der Waals surface area contributed by atoms with E-state index in [1.165, 1.54) is 6.20 Å². The Bertz CT molecular complexity index is 615. The van der Waals surface area contributed by atoms with Gasteiger partial charge in [-0.1, -0.05) is 0 Å². The minimum atomic E-state index is -0.954. The van der Waals surface area contributed by atoms with Gasteiger partial charge >= 0.3 is 12.0 Å². The van der Waals surface area contributed by atoms with Crippen molar-refractivity contribution in [3.8, 4) is 0 Å². The third kappa shape index (κ3) is 4.86. The van der Waals surface area contributed by atoms with E-state index in [1.807, 2.05) is 0 Å². The Hall–Kier alpha value is -3.03. The molecule has 2 rings (SSSR count). The van der Waals surface area contributed by atoms with Gasteiger partial charge in [-0.2, -0.15) is 10.2 Å². The van der Waals surface area contributed by atoms with Crippen molar-refractivity contribution in [1.29, 1.82) is 0 Å². The number of carbonyl (C=O) groups excluding carboxylic acids is 1. The number of hydrogen-bond donors (Lipinski definition) is 3. The molecule has 3 N–H and O–H groups in total. The number of carbonyl (C=O) groups is 2. The van der Waals surface area contributed by atoms with Crippen molar-refractivity contribution >= 4 is 17.7 Å². The summed E-state index contributed by atoms with van der Waals surface area (Å²) in [5.41, 5.74) is 1.54. The molecule has 0 atom stereocenters. The number of hydrogen-bond acceptors (Lipinski definition) is 5. The van der Waals surface area contributed by atoms with Crippen LogP contribution in [-0.4, -0.2) is 32.3 Å². The summed E-state index contributed by atoms with van der Waals surface area (Å²) in [4.78, 5) is 26.1. The lowest BCUT2D eigenvalue weighted by atomic mass is 10.2. The maximum absolute atomic E-state index is 11.7. The molecule has 0 bridgehead atoms. The summed E-state index contributed by atoms with van der Waals surface area (Å²) in [6.07, 6.45) is 2.80. The largest absolute Gasteiger partial charge is 0.481 e. The molecule has 8 nitrogen and oxygen atoms in total. The van der Waals surface area contributed by atoms with Crippen LogP contribution < -0.4 is 10.6 Å². The van der Waals surface area contributed by atoms with Crippen LogP contribution in [0.25, 0.3) is 0 Å². The zero-order valence-corrected chi connectivity index (χ0v) is 11.0. The van der Waals surface area contributed by atoms with Crippen molar-refractivity contribution in [3.63, 3.8) is 0 Å². The van der Waals surface area contributed by atoms with E-state index in [0.29, 0.717) is 17.1 Å². The Balaban J connectivity index is 1.83. The lowest BCUT2D eigenvalue weighted by Crippen LogP contribution is -2.28. The topological polar surface area (TPSA) is 117 Å². The molecule has 0 spiro atoms. The van der Waals surface area contributed by atoms with Crippen molar-refractivity contribution in [1.82, 2.24) is 20.5 Å². The number of nitrogens with one attached hydrogen (secondary N) is 2. The van der Waals surface area contributed by atoms with Gasteiger partial charge in [-0.25, -0.2) is 4.79 Å². The predicted octanol–water partition coefficient (Wildman–Crippen LogP) is 0.820. The third-order valence-electron chi connectivity index (χ3n) is 2.47. The molecule has 0 aliphatic heterocycles. The van der Waals surface area contributed by atoms with E-state index in [1.54, 1.807) is 30.5 Å². The average molecular weight is 287 g/mol. The van der Waals surface area contributed by atoms with Crippen LogP contribution in [0.2, 0.25) is 0 Å². The molecule has 0 unspecified atom stereocenters. The molecule has 0 aliphatic rings. The normalized spacial score (nSPS) is 9.90. The standard InChI is InChI=1S/C13H13N5O3/c19-12(20)6-9-3-4-10(7-14-9)17-13(21)15-8-11-2-1-5-16-18-11/h1-5,7H,6,8H2,(H,19,20)(H2,15,17,21). The molecule has 2 aromatic rings. The fourth-order valence-electron chi connectivity index (χ4n) is 1.53. The van der Waals surface area contributed by atoms with E-state index in [9.17, 15) is 9.59 Å².